The Bertz CT molecular complexity index is 425. The molecule has 1 rings (SSSR count). The minimum atomic E-state index is -0.498. The zero-order valence-electron chi connectivity index (χ0n) is 9.73. The summed E-state index contributed by atoms with van der Waals surface area (Å²) < 4.78 is 9.27. The van der Waals surface area contributed by atoms with Crippen molar-refractivity contribution in [2.75, 3.05) is 7.11 Å². The minimum Gasteiger partial charge on any atom is -0.504 e. The van der Waals surface area contributed by atoms with Crippen LogP contribution in [0.4, 0.5) is 0 Å². The van der Waals surface area contributed by atoms with E-state index in [0.717, 1.165) is 5.56 Å². The van der Waals surface area contributed by atoms with E-state index in [2.05, 4.69) is 4.74 Å². The molecule has 0 saturated heterocycles. The van der Waals surface area contributed by atoms with E-state index in [9.17, 15) is 14.7 Å². The molecule has 0 aliphatic heterocycles. The van der Waals surface area contributed by atoms with Crippen molar-refractivity contribution in [2.24, 2.45) is 0 Å². The van der Waals surface area contributed by atoms with Crippen LogP contribution in [0.2, 0.25) is 0 Å². The van der Waals surface area contributed by atoms with Gasteiger partial charge in [-0.2, -0.15) is 0 Å². The number of hydrogen-bond acceptors (Lipinski definition) is 5. The predicted octanol–water partition coefficient (Wildman–Crippen LogP) is 1.42. The van der Waals surface area contributed by atoms with Crippen molar-refractivity contribution in [3.63, 3.8) is 0 Å². The van der Waals surface area contributed by atoms with Crippen molar-refractivity contribution in [1.82, 2.24) is 0 Å². The number of phenolic OH excluding ortho intramolecular Hbond substituents is 1. The Labute approximate surface area is 99.0 Å². The van der Waals surface area contributed by atoms with Crippen LogP contribution >= 0.6 is 0 Å². The SMILES string of the molecule is COC(=O)CCc1ccc(OC(C)=O)c(O)c1. The van der Waals surface area contributed by atoms with Crippen LogP contribution in [0.1, 0.15) is 18.9 Å². The van der Waals surface area contributed by atoms with Gasteiger partial charge < -0.3 is 14.6 Å². The predicted molar refractivity (Wildman–Crippen MR) is 59.8 cm³/mol. The van der Waals surface area contributed by atoms with Gasteiger partial charge in [0.25, 0.3) is 0 Å². The molecule has 0 aliphatic rings. The topological polar surface area (TPSA) is 72.8 Å². The molecule has 1 aromatic rings. The highest BCUT2D eigenvalue weighted by Gasteiger charge is 2.07. The van der Waals surface area contributed by atoms with E-state index >= 15 is 0 Å². The summed E-state index contributed by atoms with van der Waals surface area (Å²) in [4.78, 5) is 21.6. The fourth-order valence-electron chi connectivity index (χ4n) is 1.31. The lowest BCUT2D eigenvalue weighted by Crippen LogP contribution is -2.03. The van der Waals surface area contributed by atoms with E-state index in [-0.39, 0.29) is 23.9 Å². The van der Waals surface area contributed by atoms with Gasteiger partial charge in [0, 0.05) is 13.3 Å². The van der Waals surface area contributed by atoms with E-state index < -0.39 is 5.97 Å². The van der Waals surface area contributed by atoms with Gasteiger partial charge in [-0.15, -0.1) is 0 Å². The second-order valence-corrected chi connectivity index (χ2v) is 3.47. The number of ether oxygens (including phenoxy) is 2. The van der Waals surface area contributed by atoms with E-state index in [4.69, 9.17) is 4.74 Å². The number of carbonyl (C=O) groups excluding carboxylic acids is 2. The first-order chi connectivity index (χ1) is 8.02. The molecule has 0 heterocycles. The van der Waals surface area contributed by atoms with Crippen LogP contribution in [-0.2, 0) is 20.7 Å². The minimum absolute atomic E-state index is 0.110. The Morgan fingerprint density at radius 3 is 2.59 bits per heavy atom. The van der Waals surface area contributed by atoms with Crippen LogP contribution in [0.25, 0.3) is 0 Å². The fourth-order valence-corrected chi connectivity index (χ4v) is 1.31. The first kappa shape index (κ1) is 13.0. The summed E-state index contributed by atoms with van der Waals surface area (Å²) in [5, 5.41) is 9.57. The zero-order valence-corrected chi connectivity index (χ0v) is 9.73. The van der Waals surface area contributed by atoms with Gasteiger partial charge in [0.05, 0.1) is 7.11 Å². The maximum atomic E-state index is 10.9. The van der Waals surface area contributed by atoms with Crippen LogP contribution in [0, 0.1) is 0 Å². The van der Waals surface area contributed by atoms with Crippen molar-refractivity contribution in [3.8, 4) is 11.5 Å². The normalized spacial score (nSPS) is 9.76. The monoisotopic (exact) mass is 238 g/mol. The summed E-state index contributed by atoms with van der Waals surface area (Å²) in [6, 6.07) is 4.63. The molecule has 1 N–H and O–H groups in total. The maximum absolute atomic E-state index is 10.9. The molecular formula is C12H14O5. The van der Waals surface area contributed by atoms with Gasteiger partial charge in [-0.25, -0.2) is 0 Å². The number of aryl methyl sites for hydroxylation is 1. The highest BCUT2D eigenvalue weighted by Crippen LogP contribution is 2.27. The van der Waals surface area contributed by atoms with Crippen molar-refractivity contribution < 1.29 is 24.2 Å². The lowest BCUT2D eigenvalue weighted by molar-refractivity contribution is -0.140. The summed E-state index contributed by atoms with van der Waals surface area (Å²) in [5.41, 5.74) is 0.767. The smallest absolute Gasteiger partial charge is 0.308 e. The van der Waals surface area contributed by atoms with Gasteiger partial charge in [0.15, 0.2) is 11.5 Å². The molecule has 0 radical (unpaired) electrons. The average molecular weight is 238 g/mol. The van der Waals surface area contributed by atoms with Gasteiger partial charge in [-0.05, 0) is 24.1 Å². The van der Waals surface area contributed by atoms with E-state index in [0.29, 0.717) is 6.42 Å². The van der Waals surface area contributed by atoms with Crippen molar-refractivity contribution >= 4 is 11.9 Å². The second kappa shape index (κ2) is 5.89. The zero-order chi connectivity index (χ0) is 12.8. The fraction of sp³-hybridized carbons (Fsp3) is 0.333. The molecule has 0 aromatic heterocycles. The van der Waals surface area contributed by atoms with Crippen LogP contribution < -0.4 is 4.74 Å². The van der Waals surface area contributed by atoms with Crippen molar-refractivity contribution in [1.29, 1.82) is 0 Å². The van der Waals surface area contributed by atoms with Crippen LogP contribution in [0.15, 0.2) is 18.2 Å². The first-order valence-electron chi connectivity index (χ1n) is 5.10. The highest BCUT2D eigenvalue weighted by atomic mass is 16.5. The van der Waals surface area contributed by atoms with Gasteiger partial charge in [-0.1, -0.05) is 6.07 Å². The molecule has 5 heteroatoms. The Morgan fingerprint density at radius 1 is 1.35 bits per heavy atom. The standard InChI is InChI=1S/C12H14O5/c1-8(13)17-11-5-3-9(7-10(11)14)4-6-12(15)16-2/h3,5,7,14H,4,6H2,1-2H3. The Balaban J connectivity index is 2.68. The molecule has 92 valence electrons. The van der Waals surface area contributed by atoms with Gasteiger partial charge in [0.2, 0.25) is 0 Å². The third kappa shape index (κ3) is 4.14. The number of carbonyl (C=O) groups is 2. The molecule has 0 spiro atoms. The number of rotatable bonds is 4. The molecule has 5 nitrogen and oxygen atoms in total. The largest absolute Gasteiger partial charge is 0.504 e. The van der Waals surface area contributed by atoms with Crippen molar-refractivity contribution in [2.45, 2.75) is 19.8 Å². The van der Waals surface area contributed by atoms with Gasteiger partial charge in [-0.3, -0.25) is 9.59 Å². The molecule has 1 aromatic carbocycles. The number of esters is 2. The summed E-state index contributed by atoms with van der Waals surface area (Å²) >= 11 is 0. The summed E-state index contributed by atoms with van der Waals surface area (Å²) in [7, 11) is 1.32. The number of aromatic hydroxyl groups is 1. The van der Waals surface area contributed by atoms with Crippen LogP contribution in [0.5, 0.6) is 11.5 Å². The molecule has 0 aliphatic carbocycles. The third-order valence-corrected chi connectivity index (χ3v) is 2.12. The average Bonchev–Trinajstić information content (AvgIpc) is 2.28. The Hall–Kier alpha value is -2.04. The quantitative estimate of drug-likeness (QED) is 0.634. The van der Waals surface area contributed by atoms with Gasteiger partial charge in [0.1, 0.15) is 0 Å². The van der Waals surface area contributed by atoms with E-state index in [1.54, 1.807) is 6.07 Å². The molecule has 17 heavy (non-hydrogen) atoms. The van der Waals surface area contributed by atoms with Crippen LogP contribution in [-0.4, -0.2) is 24.2 Å². The number of benzene rings is 1. The first-order valence-corrected chi connectivity index (χ1v) is 5.10. The van der Waals surface area contributed by atoms with E-state index in [1.165, 1.54) is 26.2 Å². The molecule has 0 fully saturated rings. The number of methoxy groups -OCH3 is 1. The Kier molecular flexibility index (Phi) is 4.51. The van der Waals surface area contributed by atoms with Crippen LogP contribution in [0.3, 0.4) is 0 Å². The molecule has 0 unspecified atom stereocenters. The number of phenols is 1. The molecule has 0 amide bonds. The molecule has 0 bridgehead atoms. The second-order valence-electron chi connectivity index (χ2n) is 3.47. The van der Waals surface area contributed by atoms with Crippen molar-refractivity contribution in [3.05, 3.63) is 23.8 Å². The van der Waals surface area contributed by atoms with Gasteiger partial charge >= 0.3 is 11.9 Å². The highest BCUT2D eigenvalue weighted by molar-refractivity contribution is 5.71. The molecular weight excluding hydrogens is 224 g/mol. The van der Waals surface area contributed by atoms with E-state index in [1.807, 2.05) is 0 Å². The lowest BCUT2D eigenvalue weighted by Gasteiger charge is -2.06. The number of hydrogen-bond donors (Lipinski definition) is 1. The maximum Gasteiger partial charge on any atom is 0.308 e. The summed E-state index contributed by atoms with van der Waals surface area (Å²) in [6.45, 7) is 1.25. The summed E-state index contributed by atoms with van der Waals surface area (Å²) in [5.74, 6) is -0.821. The molecule has 0 saturated carbocycles. The molecule has 0 atom stereocenters. The Morgan fingerprint density at radius 2 is 2.06 bits per heavy atom. The third-order valence-electron chi connectivity index (χ3n) is 2.12. The lowest BCUT2D eigenvalue weighted by atomic mass is 10.1. The summed E-state index contributed by atoms with van der Waals surface area (Å²) in [6.07, 6.45) is 0.698.